The van der Waals surface area contributed by atoms with Crippen LogP contribution in [-0.2, 0) is 14.8 Å². The van der Waals surface area contributed by atoms with Crippen molar-refractivity contribution >= 4 is 10.0 Å². The zero-order chi connectivity index (χ0) is 11.1. The minimum atomic E-state index is -3.31. The fourth-order valence-electron chi connectivity index (χ4n) is 1.67. The van der Waals surface area contributed by atoms with E-state index in [0.29, 0.717) is 19.3 Å². The summed E-state index contributed by atoms with van der Waals surface area (Å²) in [7, 11) is -3.31. The van der Waals surface area contributed by atoms with Crippen molar-refractivity contribution in [2.75, 3.05) is 25.5 Å². The summed E-state index contributed by atoms with van der Waals surface area (Å²) < 4.78 is 30.1. The molecule has 0 unspecified atom stereocenters. The molecule has 0 spiro atoms. The first-order chi connectivity index (χ1) is 7.14. The third-order valence-corrected chi connectivity index (χ3v) is 3.80. The van der Waals surface area contributed by atoms with Crippen LogP contribution in [0.5, 0.6) is 0 Å². The van der Waals surface area contributed by atoms with Crippen LogP contribution in [0.3, 0.4) is 0 Å². The third-order valence-electron chi connectivity index (χ3n) is 2.44. The molecule has 6 heteroatoms. The summed E-state index contributed by atoms with van der Waals surface area (Å²) in [6, 6.07) is 0. The first-order valence-corrected chi connectivity index (χ1v) is 6.99. The number of rotatable bonds is 7. The van der Waals surface area contributed by atoms with Crippen molar-refractivity contribution in [1.82, 2.24) is 4.72 Å². The van der Waals surface area contributed by atoms with Crippen molar-refractivity contribution in [2.24, 2.45) is 0 Å². The predicted molar refractivity (Wildman–Crippen MR) is 57.1 cm³/mol. The Bertz CT molecular complexity index is 259. The summed E-state index contributed by atoms with van der Waals surface area (Å²) >= 11 is 0. The van der Waals surface area contributed by atoms with Crippen molar-refractivity contribution in [1.29, 1.82) is 0 Å². The summed E-state index contributed by atoms with van der Waals surface area (Å²) in [6.07, 6.45) is 4.90. The van der Waals surface area contributed by atoms with E-state index in [1.165, 1.54) is 12.8 Å². The van der Waals surface area contributed by atoms with Gasteiger partial charge in [-0.05, 0) is 12.8 Å². The molecular weight excluding hydrogens is 218 g/mol. The highest BCUT2D eigenvalue weighted by Gasteiger charge is 2.15. The topological polar surface area (TPSA) is 75.6 Å². The maximum Gasteiger partial charge on any atom is 0.213 e. The van der Waals surface area contributed by atoms with E-state index in [2.05, 4.69) is 4.72 Å². The van der Waals surface area contributed by atoms with Gasteiger partial charge in [0.2, 0.25) is 10.0 Å². The van der Waals surface area contributed by atoms with Gasteiger partial charge in [-0.15, -0.1) is 0 Å². The highest BCUT2D eigenvalue weighted by atomic mass is 32.2. The van der Waals surface area contributed by atoms with E-state index in [1.807, 2.05) is 0 Å². The number of sulfonamides is 1. The Labute approximate surface area is 90.9 Å². The summed E-state index contributed by atoms with van der Waals surface area (Å²) in [4.78, 5) is 0. The van der Waals surface area contributed by atoms with Crippen LogP contribution in [0.1, 0.15) is 25.7 Å². The number of hydrogen-bond acceptors (Lipinski definition) is 4. The minimum absolute atomic E-state index is 0.240. The van der Waals surface area contributed by atoms with Crippen molar-refractivity contribution < 1.29 is 18.3 Å². The van der Waals surface area contributed by atoms with Gasteiger partial charge in [0.15, 0.2) is 0 Å². The van der Waals surface area contributed by atoms with Crippen LogP contribution in [0.2, 0.25) is 0 Å². The third kappa shape index (κ3) is 5.46. The van der Waals surface area contributed by atoms with Crippen LogP contribution in [-0.4, -0.2) is 45.1 Å². The largest absolute Gasteiger partial charge is 0.395 e. The molecule has 1 aliphatic carbocycles. The van der Waals surface area contributed by atoms with Crippen molar-refractivity contribution in [2.45, 2.75) is 31.8 Å². The maximum absolute atomic E-state index is 11.1. The molecule has 5 nitrogen and oxygen atoms in total. The molecule has 15 heavy (non-hydrogen) atoms. The molecule has 0 aromatic rings. The Balaban J connectivity index is 2.05. The van der Waals surface area contributed by atoms with Crippen LogP contribution >= 0.6 is 0 Å². The lowest BCUT2D eigenvalue weighted by atomic mass is 10.3. The fourth-order valence-corrected chi connectivity index (χ4v) is 2.45. The van der Waals surface area contributed by atoms with Gasteiger partial charge < -0.3 is 9.84 Å². The van der Waals surface area contributed by atoms with E-state index in [0.717, 1.165) is 12.8 Å². The van der Waals surface area contributed by atoms with E-state index in [-0.39, 0.29) is 12.4 Å². The van der Waals surface area contributed by atoms with Crippen LogP contribution in [0.15, 0.2) is 0 Å². The number of ether oxygens (including phenoxy) is 1. The summed E-state index contributed by atoms with van der Waals surface area (Å²) in [5, 5.41) is 8.48. The normalized spacial score (nSPS) is 18.5. The van der Waals surface area contributed by atoms with Crippen LogP contribution in [0, 0.1) is 0 Å². The number of aliphatic hydroxyl groups excluding tert-OH is 1. The summed E-state index contributed by atoms with van der Waals surface area (Å²) in [6.45, 7) is 0.354. The molecular formula is C9H19NO4S. The quantitative estimate of drug-likeness (QED) is 0.604. The summed E-state index contributed by atoms with van der Waals surface area (Å²) in [5.74, 6) is -0.240. The second-order valence-corrected chi connectivity index (χ2v) is 5.64. The van der Waals surface area contributed by atoms with Gasteiger partial charge >= 0.3 is 0 Å². The van der Waals surface area contributed by atoms with E-state index < -0.39 is 10.0 Å². The standard InChI is InChI=1S/C9H19NO4S/c11-6-8-15(12,13)10-5-7-14-9-3-1-2-4-9/h9-11H,1-8H2. The Morgan fingerprint density at radius 2 is 2.00 bits per heavy atom. The molecule has 2 N–H and O–H groups in total. The van der Waals surface area contributed by atoms with Crippen LogP contribution in [0.4, 0.5) is 0 Å². The van der Waals surface area contributed by atoms with Gasteiger partial charge in [0.1, 0.15) is 0 Å². The zero-order valence-corrected chi connectivity index (χ0v) is 9.63. The maximum atomic E-state index is 11.1. The lowest BCUT2D eigenvalue weighted by Crippen LogP contribution is -2.31. The van der Waals surface area contributed by atoms with Crippen LogP contribution in [0.25, 0.3) is 0 Å². The average Bonchev–Trinajstić information content (AvgIpc) is 2.65. The molecule has 0 radical (unpaired) electrons. The van der Waals surface area contributed by atoms with E-state index in [9.17, 15) is 8.42 Å². The van der Waals surface area contributed by atoms with E-state index in [4.69, 9.17) is 9.84 Å². The van der Waals surface area contributed by atoms with Crippen molar-refractivity contribution in [3.05, 3.63) is 0 Å². The zero-order valence-electron chi connectivity index (χ0n) is 8.81. The molecule has 1 aliphatic rings. The molecule has 1 saturated carbocycles. The highest BCUT2D eigenvalue weighted by molar-refractivity contribution is 7.89. The molecule has 0 amide bonds. The number of aliphatic hydroxyl groups is 1. The summed E-state index contributed by atoms with van der Waals surface area (Å²) in [5.41, 5.74) is 0. The van der Waals surface area contributed by atoms with Gasteiger partial charge in [-0.25, -0.2) is 13.1 Å². The predicted octanol–water partition coefficient (Wildman–Crippen LogP) is -0.143. The van der Waals surface area contributed by atoms with Crippen molar-refractivity contribution in [3.63, 3.8) is 0 Å². The molecule has 0 aromatic carbocycles. The van der Waals surface area contributed by atoms with Gasteiger partial charge in [-0.3, -0.25) is 0 Å². The second kappa shape index (κ2) is 6.42. The van der Waals surface area contributed by atoms with E-state index in [1.54, 1.807) is 0 Å². The lowest BCUT2D eigenvalue weighted by Gasteiger charge is -2.11. The number of nitrogens with one attached hydrogen (secondary N) is 1. The Morgan fingerprint density at radius 1 is 1.33 bits per heavy atom. The monoisotopic (exact) mass is 237 g/mol. The molecule has 0 heterocycles. The molecule has 0 atom stereocenters. The smallest absolute Gasteiger partial charge is 0.213 e. The van der Waals surface area contributed by atoms with Gasteiger partial charge in [0.25, 0.3) is 0 Å². The Hall–Kier alpha value is -0.170. The Morgan fingerprint density at radius 3 is 2.60 bits per heavy atom. The molecule has 0 aliphatic heterocycles. The van der Waals surface area contributed by atoms with Crippen molar-refractivity contribution in [3.8, 4) is 0 Å². The van der Waals surface area contributed by atoms with Crippen LogP contribution < -0.4 is 4.72 Å². The second-order valence-electron chi connectivity index (χ2n) is 3.71. The molecule has 1 rings (SSSR count). The number of hydrogen-bond donors (Lipinski definition) is 2. The van der Waals surface area contributed by atoms with Gasteiger partial charge in [-0.1, -0.05) is 12.8 Å². The molecule has 90 valence electrons. The van der Waals surface area contributed by atoms with Gasteiger partial charge in [-0.2, -0.15) is 0 Å². The lowest BCUT2D eigenvalue weighted by molar-refractivity contribution is 0.0626. The average molecular weight is 237 g/mol. The first-order valence-electron chi connectivity index (χ1n) is 5.34. The molecule has 0 aromatic heterocycles. The van der Waals surface area contributed by atoms with Gasteiger partial charge in [0.05, 0.1) is 25.1 Å². The molecule has 0 bridgehead atoms. The molecule has 0 saturated heterocycles. The van der Waals surface area contributed by atoms with Gasteiger partial charge in [0, 0.05) is 6.54 Å². The van der Waals surface area contributed by atoms with E-state index >= 15 is 0 Å². The Kier molecular flexibility index (Phi) is 5.52. The highest BCUT2D eigenvalue weighted by Crippen LogP contribution is 2.20. The fraction of sp³-hybridized carbons (Fsp3) is 1.00. The SMILES string of the molecule is O=S(=O)(CCO)NCCOC1CCCC1. The first kappa shape index (κ1) is 12.9. The minimum Gasteiger partial charge on any atom is -0.395 e. The molecule has 1 fully saturated rings.